The highest BCUT2D eigenvalue weighted by Gasteiger charge is 2.17. The summed E-state index contributed by atoms with van der Waals surface area (Å²) in [5.41, 5.74) is 9.00. The van der Waals surface area contributed by atoms with E-state index in [0.29, 0.717) is 0 Å². The highest BCUT2D eigenvalue weighted by atomic mass is 16.3. The molecule has 1 aromatic rings. The van der Waals surface area contributed by atoms with Gasteiger partial charge in [0, 0.05) is 19.1 Å². The van der Waals surface area contributed by atoms with E-state index in [-0.39, 0.29) is 6.04 Å². The highest BCUT2D eigenvalue weighted by Crippen LogP contribution is 2.26. The van der Waals surface area contributed by atoms with E-state index >= 15 is 0 Å². The van der Waals surface area contributed by atoms with Crippen LogP contribution in [-0.2, 0) is 0 Å². The number of hydrogen-bond acceptors (Lipinski definition) is 3. The van der Waals surface area contributed by atoms with Crippen LogP contribution in [0.5, 0.6) is 0 Å². The minimum absolute atomic E-state index is 0.0405. The fourth-order valence-electron chi connectivity index (χ4n) is 2.23. The number of likely N-dealkylation sites (N-methyl/N-ethyl adjacent to an activating group) is 1. The van der Waals surface area contributed by atoms with Crippen molar-refractivity contribution in [1.82, 2.24) is 4.90 Å². The molecule has 0 aromatic heterocycles. The number of aliphatic hydroxyl groups excluding tert-OH is 1. The lowest BCUT2D eigenvalue weighted by Gasteiger charge is -2.25. The van der Waals surface area contributed by atoms with Gasteiger partial charge in [-0.2, -0.15) is 0 Å². The zero-order valence-electron chi connectivity index (χ0n) is 11.1. The van der Waals surface area contributed by atoms with Crippen molar-refractivity contribution in [3.8, 4) is 0 Å². The van der Waals surface area contributed by atoms with Gasteiger partial charge in [-0.15, -0.1) is 0 Å². The van der Waals surface area contributed by atoms with Gasteiger partial charge >= 0.3 is 0 Å². The van der Waals surface area contributed by atoms with Crippen molar-refractivity contribution in [3.05, 3.63) is 47.0 Å². The SMILES string of the molecule is C[C@H](N)c1ccc(C(O)C2=CCN(C)CC2)cc1. The Morgan fingerprint density at radius 2 is 1.83 bits per heavy atom. The summed E-state index contributed by atoms with van der Waals surface area (Å²) in [6.07, 6.45) is 2.60. The Balaban J connectivity index is 2.11. The van der Waals surface area contributed by atoms with Gasteiger partial charge in [0.2, 0.25) is 0 Å². The zero-order chi connectivity index (χ0) is 13.1. The molecule has 0 radical (unpaired) electrons. The maximum atomic E-state index is 10.3. The van der Waals surface area contributed by atoms with Gasteiger partial charge in [0.1, 0.15) is 6.10 Å². The van der Waals surface area contributed by atoms with Crippen molar-refractivity contribution in [2.75, 3.05) is 20.1 Å². The minimum atomic E-state index is -0.471. The van der Waals surface area contributed by atoms with E-state index in [4.69, 9.17) is 5.73 Å². The van der Waals surface area contributed by atoms with Crippen LogP contribution in [0.15, 0.2) is 35.9 Å². The second kappa shape index (κ2) is 5.65. The summed E-state index contributed by atoms with van der Waals surface area (Å²) in [5, 5.41) is 10.3. The van der Waals surface area contributed by atoms with E-state index in [2.05, 4.69) is 18.0 Å². The molecule has 2 atom stereocenters. The number of rotatable bonds is 3. The maximum absolute atomic E-state index is 10.3. The molecular formula is C15H22N2O. The van der Waals surface area contributed by atoms with Crippen LogP contribution in [-0.4, -0.2) is 30.1 Å². The summed E-state index contributed by atoms with van der Waals surface area (Å²) in [7, 11) is 2.09. The molecule has 1 aromatic carbocycles. The molecule has 18 heavy (non-hydrogen) atoms. The van der Waals surface area contributed by atoms with E-state index in [1.165, 1.54) is 0 Å². The number of nitrogens with two attached hydrogens (primary N) is 1. The number of nitrogens with zero attached hydrogens (tertiary/aromatic N) is 1. The summed E-state index contributed by atoms with van der Waals surface area (Å²) >= 11 is 0. The first-order valence-corrected chi connectivity index (χ1v) is 6.49. The van der Waals surface area contributed by atoms with E-state index in [1.54, 1.807) is 0 Å². The molecule has 2 rings (SSSR count). The molecule has 3 heteroatoms. The largest absolute Gasteiger partial charge is 0.384 e. The van der Waals surface area contributed by atoms with Crippen molar-refractivity contribution in [1.29, 1.82) is 0 Å². The molecule has 1 aliphatic rings. The molecule has 0 saturated carbocycles. The molecule has 1 aliphatic heterocycles. The molecule has 0 spiro atoms. The average molecular weight is 246 g/mol. The molecule has 1 heterocycles. The Morgan fingerprint density at radius 1 is 1.22 bits per heavy atom. The molecule has 0 saturated heterocycles. The maximum Gasteiger partial charge on any atom is 0.100 e. The topological polar surface area (TPSA) is 49.5 Å². The van der Waals surface area contributed by atoms with E-state index in [0.717, 1.165) is 36.2 Å². The Hall–Kier alpha value is -1.16. The lowest BCUT2D eigenvalue weighted by Crippen LogP contribution is -2.25. The third-order valence-electron chi connectivity index (χ3n) is 3.58. The number of hydrogen-bond donors (Lipinski definition) is 2. The Labute approximate surface area is 109 Å². The van der Waals surface area contributed by atoms with Gasteiger partial charge in [0.05, 0.1) is 0 Å². The van der Waals surface area contributed by atoms with Gasteiger partial charge < -0.3 is 15.7 Å². The standard InChI is InChI=1S/C15H22N2O/c1-11(16)12-3-5-13(6-4-12)15(18)14-7-9-17(2)10-8-14/h3-7,11,15,18H,8-10,16H2,1-2H3/t11-,15?/m0/s1. The summed E-state index contributed by atoms with van der Waals surface area (Å²) in [6.45, 7) is 3.90. The molecule has 0 bridgehead atoms. The average Bonchev–Trinajstić information content (AvgIpc) is 2.39. The van der Waals surface area contributed by atoms with Gasteiger partial charge in [-0.25, -0.2) is 0 Å². The molecular weight excluding hydrogens is 224 g/mol. The van der Waals surface area contributed by atoms with Crippen LogP contribution in [0.1, 0.15) is 36.6 Å². The predicted molar refractivity (Wildman–Crippen MR) is 74.2 cm³/mol. The Kier molecular flexibility index (Phi) is 4.17. The van der Waals surface area contributed by atoms with Gasteiger partial charge in [-0.3, -0.25) is 0 Å². The molecule has 0 fully saturated rings. The third kappa shape index (κ3) is 2.99. The van der Waals surface area contributed by atoms with Crippen LogP contribution in [0, 0.1) is 0 Å². The number of benzene rings is 1. The third-order valence-corrected chi connectivity index (χ3v) is 3.58. The molecule has 3 nitrogen and oxygen atoms in total. The lowest BCUT2D eigenvalue weighted by atomic mass is 9.95. The van der Waals surface area contributed by atoms with Gasteiger partial charge in [0.25, 0.3) is 0 Å². The monoisotopic (exact) mass is 246 g/mol. The van der Waals surface area contributed by atoms with E-state index in [1.807, 2.05) is 31.2 Å². The molecule has 0 aliphatic carbocycles. The number of aliphatic hydroxyl groups is 1. The van der Waals surface area contributed by atoms with E-state index in [9.17, 15) is 5.11 Å². The van der Waals surface area contributed by atoms with Crippen LogP contribution in [0.3, 0.4) is 0 Å². The van der Waals surface area contributed by atoms with Crippen molar-refractivity contribution in [2.24, 2.45) is 5.73 Å². The van der Waals surface area contributed by atoms with Crippen LogP contribution < -0.4 is 5.73 Å². The second-order valence-electron chi connectivity index (χ2n) is 5.15. The summed E-state index contributed by atoms with van der Waals surface area (Å²) < 4.78 is 0. The quantitative estimate of drug-likeness (QED) is 0.802. The van der Waals surface area contributed by atoms with E-state index < -0.39 is 6.10 Å². The second-order valence-corrected chi connectivity index (χ2v) is 5.15. The molecule has 98 valence electrons. The van der Waals surface area contributed by atoms with Crippen molar-refractivity contribution in [3.63, 3.8) is 0 Å². The van der Waals surface area contributed by atoms with Gasteiger partial charge in [-0.05, 0) is 37.1 Å². The van der Waals surface area contributed by atoms with Crippen molar-refractivity contribution in [2.45, 2.75) is 25.5 Å². The summed E-state index contributed by atoms with van der Waals surface area (Å²) in [5.74, 6) is 0. The van der Waals surface area contributed by atoms with Crippen LogP contribution in [0.25, 0.3) is 0 Å². The zero-order valence-corrected chi connectivity index (χ0v) is 11.1. The van der Waals surface area contributed by atoms with Crippen LogP contribution >= 0.6 is 0 Å². The van der Waals surface area contributed by atoms with Crippen LogP contribution in [0.2, 0.25) is 0 Å². The van der Waals surface area contributed by atoms with Gasteiger partial charge in [0.15, 0.2) is 0 Å². The first-order valence-electron chi connectivity index (χ1n) is 6.49. The van der Waals surface area contributed by atoms with Crippen molar-refractivity contribution >= 4 is 0 Å². The van der Waals surface area contributed by atoms with Gasteiger partial charge in [-0.1, -0.05) is 30.3 Å². The summed E-state index contributed by atoms with van der Waals surface area (Å²) in [4.78, 5) is 2.25. The van der Waals surface area contributed by atoms with Crippen molar-refractivity contribution < 1.29 is 5.11 Å². The summed E-state index contributed by atoms with van der Waals surface area (Å²) in [6, 6.07) is 7.99. The first-order chi connectivity index (χ1) is 8.58. The molecule has 3 N–H and O–H groups in total. The first kappa shape index (κ1) is 13.3. The fourth-order valence-corrected chi connectivity index (χ4v) is 2.23. The lowest BCUT2D eigenvalue weighted by molar-refractivity contribution is 0.201. The highest BCUT2D eigenvalue weighted by molar-refractivity contribution is 5.31. The fraction of sp³-hybridized carbons (Fsp3) is 0.467. The Morgan fingerprint density at radius 3 is 2.33 bits per heavy atom. The smallest absolute Gasteiger partial charge is 0.100 e. The Bertz CT molecular complexity index is 423. The molecule has 0 amide bonds. The molecule has 1 unspecified atom stereocenters. The van der Waals surface area contributed by atoms with Crippen LogP contribution in [0.4, 0.5) is 0 Å². The predicted octanol–water partition coefficient (Wildman–Crippen LogP) is 2.00. The normalized spacial score (nSPS) is 20.3. The minimum Gasteiger partial charge on any atom is -0.384 e.